The molecular weight excluding hydrogens is 503 g/mol. The molecule has 1 aliphatic rings. The van der Waals surface area contributed by atoms with Gasteiger partial charge in [0.2, 0.25) is 5.95 Å². The van der Waals surface area contributed by atoms with Crippen LogP contribution in [-0.2, 0) is 11.3 Å². The molecule has 0 spiro atoms. The second kappa shape index (κ2) is 10.7. The largest absolute Gasteiger partial charge is 0.396 e. The molecule has 0 saturated carbocycles. The summed E-state index contributed by atoms with van der Waals surface area (Å²) < 4.78 is 7.16. The van der Waals surface area contributed by atoms with Gasteiger partial charge in [0.15, 0.2) is 11.5 Å². The summed E-state index contributed by atoms with van der Waals surface area (Å²) in [5.74, 6) is 2.18. The number of hydrogen-bond acceptors (Lipinski definition) is 10. The lowest BCUT2D eigenvalue weighted by molar-refractivity contribution is 0.0331. The maximum atomic E-state index is 6.48. The van der Waals surface area contributed by atoms with Crippen LogP contribution in [0.5, 0.6) is 0 Å². The van der Waals surface area contributed by atoms with Crippen molar-refractivity contribution in [3.8, 4) is 11.3 Å². The fraction of sp³-hybridized carbons (Fsp3) is 0.304. The molecule has 4 aromatic rings. The second-order valence-electron chi connectivity index (χ2n) is 8.30. The number of nitrogens with one attached hydrogen (secondary N) is 2. The lowest BCUT2D eigenvalue weighted by atomic mass is 10.1. The van der Waals surface area contributed by atoms with Crippen molar-refractivity contribution in [2.24, 2.45) is 0 Å². The van der Waals surface area contributed by atoms with Crippen LogP contribution >= 0.6 is 23.2 Å². The van der Waals surface area contributed by atoms with Gasteiger partial charge >= 0.3 is 0 Å². The summed E-state index contributed by atoms with van der Waals surface area (Å²) in [7, 11) is 0. The number of benzene rings is 1. The second-order valence-corrected chi connectivity index (χ2v) is 9.14. The Morgan fingerprint density at radius 3 is 2.53 bits per heavy atom. The van der Waals surface area contributed by atoms with Crippen molar-refractivity contribution >= 4 is 52.1 Å². The maximum absolute atomic E-state index is 6.48. The Hall–Kier alpha value is -3.38. The third-order valence-electron chi connectivity index (χ3n) is 5.72. The molecule has 1 aliphatic heterocycles. The van der Waals surface area contributed by atoms with Crippen molar-refractivity contribution < 1.29 is 4.74 Å². The van der Waals surface area contributed by atoms with E-state index in [1.54, 1.807) is 28.8 Å². The highest BCUT2D eigenvalue weighted by molar-refractivity contribution is 6.36. The zero-order chi connectivity index (χ0) is 25.1. The topological polar surface area (TPSA) is 145 Å². The van der Waals surface area contributed by atoms with Crippen molar-refractivity contribution in [1.29, 1.82) is 0 Å². The summed E-state index contributed by atoms with van der Waals surface area (Å²) in [4.78, 5) is 16.1. The van der Waals surface area contributed by atoms with Crippen LogP contribution in [0.1, 0.15) is 5.82 Å². The van der Waals surface area contributed by atoms with Crippen LogP contribution in [0, 0.1) is 0 Å². The van der Waals surface area contributed by atoms with E-state index in [0.29, 0.717) is 83.3 Å². The van der Waals surface area contributed by atoms with Crippen LogP contribution in [0.3, 0.4) is 0 Å². The Bertz CT molecular complexity index is 1370. The molecule has 3 aromatic heterocycles. The minimum atomic E-state index is 0.291. The number of halogens is 2. The molecule has 6 N–H and O–H groups in total. The molecule has 0 bridgehead atoms. The third kappa shape index (κ3) is 5.54. The minimum Gasteiger partial charge on any atom is -0.396 e. The molecule has 188 valence electrons. The number of nitrogen functional groups attached to an aromatic ring is 2. The third-order valence-corrected chi connectivity index (χ3v) is 6.26. The Balaban J connectivity index is 1.39. The highest BCUT2D eigenvalue weighted by Gasteiger charge is 2.17. The number of morpholine rings is 1. The fourth-order valence-electron chi connectivity index (χ4n) is 3.86. The first-order valence-electron chi connectivity index (χ1n) is 11.5. The molecule has 0 amide bonds. The van der Waals surface area contributed by atoms with E-state index in [2.05, 4.69) is 20.5 Å². The van der Waals surface area contributed by atoms with Crippen LogP contribution in [0.4, 0.5) is 23.3 Å². The molecule has 13 heteroatoms. The van der Waals surface area contributed by atoms with Crippen molar-refractivity contribution in [2.75, 3.05) is 61.5 Å². The Morgan fingerprint density at radius 2 is 1.75 bits per heavy atom. The molecule has 5 rings (SSSR count). The van der Waals surface area contributed by atoms with E-state index in [0.717, 1.165) is 18.7 Å². The summed E-state index contributed by atoms with van der Waals surface area (Å²) in [6.07, 6.45) is 0. The van der Waals surface area contributed by atoms with Crippen molar-refractivity contribution in [3.05, 3.63) is 52.3 Å². The lowest BCUT2D eigenvalue weighted by Crippen LogP contribution is -2.35. The first kappa shape index (κ1) is 24.3. The highest BCUT2D eigenvalue weighted by Crippen LogP contribution is 2.30. The Kier molecular flexibility index (Phi) is 7.23. The number of nitrogens with two attached hydrogens (primary N) is 2. The standard InChI is InChI=1S/C23H26Cl2N10O/c24-14-1-2-15(16(25)11-14)18-12-21-31-20(13-34-7-9-36-10-8-34)33-35(21)23(30-18)29-6-5-28-19-4-3-17(26)22(27)32-19/h1-4,11-12H,5-10,13,26H2,(H,29,30)(H3,27,28,32). The van der Waals surface area contributed by atoms with Gasteiger partial charge in [0.25, 0.3) is 0 Å². The van der Waals surface area contributed by atoms with Gasteiger partial charge in [-0.05, 0) is 30.3 Å². The molecule has 36 heavy (non-hydrogen) atoms. The van der Waals surface area contributed by atoms with Gasteiger partial charge in [-0.2, -0.15) is 4.52 Å². The van der Waals surface area contributed by atoms with E-state index in [1.165, 1.54) is 0 Å². The van der Waals surface area contributed by atoms with Gasteiger partial charge in [0.1, 0.15) is 11.6 Å². The van der Waals surface area contributed by atoms with Crippen molar-refractivity contribution in [3.63, 3.8) is 0 Å². The number of ether oxygens (including phenoxy) is 1. The quantitative estimate of drug-likeness (QED) is 0.251. The SMILES string of the molecule is Nc1ccc(NCCNc2nc(-c3ccc(Cl)cc3Cl)cc3nc(CN4CCOCC4)nn23)nc1N. The van der Waals surface area contributed by atoms with Gasteiger partial charge in [-0.25, -0.2) is 15.0 Å². The summed E-state index contributed by atoms with van der Waals surface area (Å²) in [5.41, 5.74) is 14.1. The van der Waals surface area contributed by atoms with E-state index >= 15 is 0 Å². The van der Waals surface area contributed by atoms with Gasteiger partial charge in [0, 0.05) is 42.8 Å². The number of fused-ring (bicyclic) bond motifs is 1. The zero-order valence-corrected chi connectivity index (χ0v) is 20.9. The monoisotopic (exact) mass is 528 g/mol. The molecule has 0 unspecified atom stereocenters. The van der Waals surface area contributed by atoms with Crippen LogP contribution < -0.4 is 22.1 Å². The molecule has 1 saturated heterocycles. The van der Waals surface area contributed by atoms with Crippen LogP contribution in [-0.4, -0.2) is 68.9 Å². The average Bonchev–Trinajstić information content (AvgIpc) is 3.27. The van der Waals surface area contributed by atoms with E-state index < -0.39 is 0 Å². The normalized spacial score (nSPS) is 14.3. The zero-order valence-electron chi connectivity index (χ0n) is 19.4. The molecule has 11 nitrogen and oxygen atoms in total. The number of pyridine rings is 1. The number of rotatable bonds is 8. The van der Waals surface area contributed by atoms with Crippen LogP contribution in [0.15, 0.2) is 36.4 Å². The predicted molar refractivity (Wildman–Crippen MR) is 142 cm³/mol. The lowest BCUT2D eigenvalue weighted by Gasteiger charge is -2.25. The van der Waals surface area contributed by atoms with Gasteiger partial charge in [0.05, 0.1) is 36.2 Å². The van der Waals surface area contributed by atoms with Crippen LogP contribution in [0.2, 0.25) is 10.0 Å². The molecular formula is C23H26Cl2N10O. The highest BCUT2D eigenvalue weighted by atomic mass is 35.5. The van der Waals surface area contributed by atoms with Gasteiger partial charge < -0.3 is 26.8 Å². The first-order chi connectivity index (χ1) is 17.5. The van der Waals surface area contributed by atoms with Gasteiger partial charge in [-0.3, -0.25) is 4.90 Å². The van der Waals surface area contributed by atoms with E-state index in [9.17, 15) is 0 Å². The fourth-order valence-corrected chi connectivity index (χ4v) is 4.36. The van der Waals surface area contributed by atoms with Crippen molar-refractivity contribution in [1.82, 2.24) is 29.5 Å². The number of nitrogens with zero attached hydrogens (tertiary/aromatic N) is 6. The molecule has 0 atom stereocenters. The number of anilines is 4. The molecule has 0 radical (unpaired) electrons. The van der Waals surface area contributed by atoms with Gasteiger partial charge in [-0.15, -0.1) is 5.10 Å². The number of hydrogen-bond donors (Lipinski definition) is 4. The summed E-state index contributed by atoms with van der Waals surface area (Å²) >= 11 is 12.6. The Labute approximate surface area is 217 Å². The maximum Gasteiger partial charge on any atom is 0.226 e. The number of aromatic nitrogens is 5. The van der Waals surface area contributed by atoms with E-state index in [-0.39, 0.29) is 0 Å². The van der Waals surface area contributed by atoms with E-state index in [4.69, 9.17) is 54.5 Å². The van der Waals surface area contributed by atoms with Gasteiger partial charge in [-0.1, -0.05) is 23.2 Å². The minimum absolute atomic E-state index is 0.291. The summed E-state index contributed by atoms with van der Waals surface area (Å²) in [6, 6.07) is 10.7. The predicted octanol–water partition coefficient (Wildman–Crippen LogP) is 3.01. The molecule has 1 aromatic carbocycles. The molecule has 0 aliphatic carbocycles. The van der Waals surface area contributed by atoms with Crippen molar-refractivity contribution in [2.45, 2.75) is 6.54 Å². The first-order valence-corrected chi connectivity index (χ1v) is 12.2. The summed E-state index contributed by atoms with van der Waals surface area (Å²) in [5, 5.41) is 12.3. The van der Waals surface area contributed by atoms with Crippen LogP contribution in [0.25, 0.3) is 16.9 Å². The molecule has 4 heterocycles. The average molecular weight is 529 g/mol. The van der Waals surface area contributed by atoms with E-state index in [1.807, 2.05) is 12.1 Å². The summed E-state index contributed by atoms with van der Waals surface area (Å²) in [6.45, 7) is 4.84. The Morgan fingerprint density at radius 1 is 0.944 bits per heavy atom. The smallest absolute Gasteiger partial charge is 0.226 e. The molecule has 1 fully saturated rings.